The van der Waals surface area contributed by atoms with Crippen LogP contribution in [0.3, 0.4) is 0 Å². The molecule has 0 amide bonds. The highest BCUT2D eigenvalue weighted by molar-refractivity contribution is 7.71. The lowest BCUT2D eigenvalue weighted by molar-refractivity contribution is 0.223. The Hall–Kier alpha value is -1.10. The van der Waals surface area contributed by atoms with Gasteiger partial charge in [0, 0.05) is 13.1 Å². The first-order valence-corrected chi connectivity index (χ1v) is 6.64. The Balaban J connectivity index is 2.20. The molecule has 17 heavy (non-hydrogen) atoms. The molecule has 92 valence electrons. The smallest absolute Gasteiger partial charge is 0.179 e. The lowest BCUT2D eigenvalue weighted by atomic mass is 9.80. The largest absolute Gasteiger partial charge is 0.328 e. The summed E-state index contributed by atoms with van der Waals surface area (Å²) in [6.45, 7) is 4.29. The van der Waals surface area contributed by atoms with Gasteiger partial charge in [-0.05, 0) is 44.8 Å². The lowest BCUT2D eigenvalue weighted by Crippen LogP contribution is -2.23. The molecular weight excluding hydrogens is 232 g/mol. The first-order chi connectivity index (χ1) is 8.09. The molecule has 0 spiro atoms. The first kappa shape index (κ1) is 11.0. The molecule has 0 aliphatic heterocycles. The van der Waals surface area contributed by atoms with Crippen molar-refractivity contribution in [1.82, 2.24) is 19.3 Å². The second-order valence-corrected chi connectivity index (χ2v) is 5.53. The summed E-state index contributed by atoms with van der Waals surface area (Å²) in [7, 11) is 1.99. The van der Waals surface area contributed by atoms with Gasteiger partial charge in [0.2, 0.25) is 0 Å². The number of rotatable bonds is 2. The van der Waals surface area contributed by atoms with Crippen LogP contribution in [0.25, 0.3) is 11.2 Å². The van der Waals surface area contributed by atoms with Crippen LogP contribution in [0.2, 0.25) is 0 Å². The van der Waals surface area contributed by atoms with Crippen molar-refractivity contribution in [2.75, 3.05) is 0 Å². The van der Waals surface area contributed by atoms with Gasteiger partial charge in [-0.1, -0.05) is 6.42 Å². The molecular formula is C12H18N4S. The van der Waals surface area contributed by atoms with Crippen LogP contribution in [0.5, 0.6) is 0 Å². The number of hydrogen-bond acceptors (Lipinski definition) is 2. The third kappa shape index (κ3) is 1.48. The molecule has 1 aliphatic carbocycles. The molecule has 3 rings (SSSR count). The van der Waals surface area contributed by atoms with Gasteiger partial charge in [0.05, 0.1) is 5.69 Å². The van der Waals surface area contributed by atoms with E-state index in [1.807, 2.05) is 18.7 Å². The number of hydrogen-bond donors (Lipinski definition) is 1. The van der Waals surface area contributed by atoms with Gasteiger partial charge in [-0.2, -0.15) is 5.10 Å². The molecule has 1 unspecified atom stereocenters. The Bertz CT molecular complexity index is 614. The molecule has 0 aromatic carbocycles. The topological polar surface area (TPSA) is 38.5 Å². The number of nitrogens with zero attached hydrogens (tertiary/aromatic N) is 3. The van der Waals surface area contributed by atoms with Gasteiger partial charge in [-0.15, -0.1) is 0 Å². The zero-order valence-corrected chi connectivity index (χ0v) is 11.3. The third-order valence-electron chi connectivity index (χ3n) is 4.11. The number of fused-ring (bicyclic) bond motifs is 1. The molecule has 2 aromatic rings. The van der Waals surface area contributed by atoms with Crippen LogP contribution in [0.1, 0.15) is 37.9 Å². The van der Waals surface area contributed by atoms with Crippen molar-refractivity contribution in [3.05, 3.63) is 10.5 Å². The van der Waals surface area contributed by atoms with E-state index in [0.29, 0.717) is 6.04 Å². The monoisotopic (exact) mass is 250 g/mol. The number of nitrogens with one attached hydrogen (secondary N) is 1. The van der Waals surface area contributed by atoms with Crippen LogP contribution in [0, 0.1) is 17.6 Å². The molecule has 2 heterocycles. The van der Waals surface area contributed by atoms with Crippen molar-refractivity contribution in [1.29, 1.82) is 0 Å². The van der Waals surface area contributed by atoms with E-state index >= 15 is 0 Å². The van der Waals surface area contributed by atoms with Gasteiger partial charge in [0.15, 0.2) is 10.4 Å². The van der Waals surface area contributed by atoms with Gasteiger partial charge >= 0.3 is 0 Å². The van der Waals surface area contributed by atoms with Crippen molar-refractivity contribution >= 4 is 23.4 Å². The van der Waals surface area contributed by atoms with Gasteiger partial charge in [0.25, 0.3) is 0 Å². The van der Waals surface area contributed by atoms with E-state index in [9.17, 15) is 0 Å². The Morgan fingerprint density at radius 1 is 1.47 bits per heavy atom. The summed E-state index contributed by atoms with van der Waals surface area (Å²) in [6.07, 6.45) is 4.01. The standard InChI is InChI=1S/C12H18N4S/c1-7-10-11(15(3)14-7)16(12(17)13-10)8(2)9-5-4-6-9/h8-9H,4-6H2,1-3H3,(H,13,17). The van der Waals surface area contributed by atoms with Crippen molar-refractivity contribution in [3.8, 4) is 0 Å². The van der Waals surface area contributed by atoms with Crippen LogP contribution in [-0.4, -0.2) is 19.3 Å². The van der Waals surface area contributed by atoms with Gasteiger partial charge < -0.3 is 4.98 Å². The Kier molecular flexibility index (Phi) is 2.40. The quantitative estimate of drug-likeness (QED) is 0.832. The maximum atomic E-state index is 5.46. The summed E-state index contributed by atoms with van der Waals surface area (Å²) < 4.78 is 5.01. The highest BCUT2D eigenvalue weighted by atomic mass is 32.1. The van der Waals surface area contributed by atoms with Crippen molar-refractivity contribution in [2.45, 2.75) is 39.2 Å². The number of H-pyrrole nitrogens is 1. The normalized spacial score (nSPS) is 18.5. The van der Waals surface area contributed by atoms with Crippen LogP contribution in [0.15, 0.2) is 0 Å². The zero-order chi connectivity index (χ0) is 12.2. The fourth-order valence-corrected chi connectivity index (χ4v) is 3.20. The number of imidazole rings is 1. The van der Waals surface area contributed by atoms with E-state index in [1.54, 1.807) is 0 Å². The Labute approximate surface area is 106 Å². The average Bonchev–Trinajstić information content (AvgIpc) is 2.63. The lowest BCUT2D eigenvalue weighted by Gasteiger charge is -2.32. The number of aromatic nitrogens is 4. The average molecular weight is 250 g/mol. The fraction of sp³-hybridized carbons (Fsp3) is 0.667. The van der Waals surface area contributed by atoms with E-state index < -0.39 is 0 Å². The molecule has 0 saturated heterocycles. The van der Waals surface area contributed by atoms with Crippen LogP contribution in [-0.2, 0) is 7.05 Å². The second-order valence-electron chi connectivity index (χ2n) is 5.14. The minimum atomic E-state index is 0.472. The van der Waals surface area contributed by atoms with Crippen molar-refractivity contribution in [3.63, 3.8) is 0 Å². The predicted molar refractivity (Wildman–Crippen MR) is 70.7 cm³/mol. The number of aryl methyl sites for hydroxylation is 2. The fourth-order valence-electron chi connectivity index (χ4n) is 2.84. The summed E-state index contributed by atoms with van der Waals surface area (Å²) >= 11 is 5.46. The SMILES string of the molecule is Cc1nn(C)c2c1[nH]c(=S)n2C(C)C1CCC1. The van der Waals surface area contributed by atoms with E-state index in [4.69, 9.17) is 12.2 Å². The maximum Gasteiger partial charge on any atom is 0.179 e. The van der Waals surface area contributed by atoms with Gasteiger partial charge in [0.1, 0.15) is 5.52 Å². The van der Waals surface area contributed by atoms with Crippen LogP contribution in [0.4, 0.5) is 0 Å². The highest BCUT2D eigenvalue weighted by Crippen LogP contribution is 2.37. The summed E-state index contributed by atoms with van der Waals surface area (Å²) in [6, 6.07) is 0.472. The zero-order valence-electron chi connectivity index (χ0n) is 10.5. The molecule has 1 aliphatic rings. The van der Waals surface area contributed by atoms with E-state index in [1.165, 1.54) is 19.3 Å². The molecule has 4 nitrogen and oxygen atoms in total. The molecule has 0 radical (unpaired) electrons. The maximum absolute atomic E-state index is 5.46. The van der Waals surface area contributed by atoms with E-state index in [0.717, 1.165) is 27.5 Å². The third-order valence-corrected chi connectivity index (χ3v) is 4.41. The molecule has 1 atom stereocenters. The minimum Gasteiger partial charge on any atom is -0.328 e. The molecule has 1 N–H and O–H groups in total. The Morgan fingerprint density at radius 2 is 2.18 bits per heavy atom. The molecule has 1 fully saturated rings. The molecule has 2 aromatic heterocycles. The van der Waals surface area contributed by atoms with Crippen LogP contribution >= 0.6 is 12.2 Å². The first-order valence-electron chi connectivity index (χ1n) is 6.23. The van der Waals surface area contributed by atoms with E-state index in [2.05, 4.69) is 21.6 Å². The predicted octanol–water partition coefficient (Wildman–Crippen LogP) is 3.10. The highest BCUT2D eigenvalue weighted by Gasteiger charge is 2.27. The molecule has 5 heteroatoms. The summed E-state index contributed by atoms with van der Waals surface area (Å²) in [5.74, 6) is 0.774. The van der Waals surface area contributed by atoms with Crippen molar-refractivity contribution < 1.29 is 0 Å². The minimum absolute atomic E-state index is 0.472. The second kappa shape index (κ2) is 3.70. The van der Waals surface area contributed by atoms with Gasteiger partial charge in [-0.25, -0.2) is 0 Å². The van der Waals surface area contributed by atoms with Crippen LogP contribution < -0.4 is 0 Å². The summed E-state index contributed by atoms with van der Waals surface area (Å²) in [5.41, 5.74) is 3.24. The Morgan fingerprint density at radius 3 is 2.76 bits per heavy atom. The van der Waals surface area contributed by atoms with Gasteiger partial charge in [-0.3, -0.25) is 9.25 Å². The number of aromatic amines is 1. The summed E-state index contributed by atoms with van der Waals surface area (Å²) in [4.78, 5) is 3.29. The van der Waals surface area contributed by atoms with E-state index in [-0.39, 0.29) is 0 Å². The molecule has 0 bridgehead atoms. The molecule has 1 saturated carbocycles. The van der Waals surface area contributed by atoms with Crippen molar-refractivity contribution in [2.24, 2.45) is 13.0 Å². The summed E-state index contributed by atoms with van der Waals surface area (Å²) in [5, 5.41) is 4.46.